The number of alkyl carbamates (subject to hydrolysis) is 1. The van der Waals surface area contributed by atoms with Gasteiger partial charge in [-0.1, -0.05) is 24.2 Å². The summed E-state index contributed by atoms with van der Waals surface area (Å²) in [6, 6.07) is 7.17. The molecule has 3 rings (SSSR count). The summed E-state index contributed by atoms with van der Waals surface area (Å²) in [6.07, 6.45) is 3.12. The molecule has 2 amide bonds. The Morgan fingerprint density at radius 1 is 1.19 bits per heavy atom. The topological polar surface area (TPSA) is 103 Å². The Kier molecular flexibility index (Phi) is 7.77. The van der Waals surface area contributed by atoms with Gasteiger partial charge in [0.15, 0.2) is 0 Å². The molecule has 1 saturated carbocycles. The Labute approximate surface area is 189 Å². The van der Waals surface area contributed by atoms with E-state index in [-0.39, 0.29) is 23.5 Å². The van der Waals surface area contributed by atoms with Gasteiger partial charge in [0.25, 0.3) is 5.91 Å². The fourth-order valence-electron chi connectivity index (χ4n) is 4.63. The molecule has 32 heavy (non-hydrogen) atoms. The van der Waals surface area contributed by atoms with E-state index < -0.39 is 0 Å². The van der Waals surface area contributed by atoms with Gasteiger partial charge in [-0.15, -0.1) is 0 Å². The molecule has 1 aliphatic carbocycles. The Bertz CT molecular complexity index is 931. The largest absolute Gasteiger partial charge is 0.496 e. The molecular formula is C24H33N3O5. The van der Waals surface area contributed by atoms with Crippen LogP contribution in [-0.2, 0) is 16.6 Å². The van der Waals surface area contributed by atoms with Crippen LogP contribution in [0.5, 0.6) is 5.75 Å². The number of carbonyl (C=O) groups excluding carboxylic acids is 2. The maximum atomic E-state index is 13.0. The van der Waals surface area contributed by atoms with Crippen LogP contribution in [0.25, 0.3) is 0 Å². The molecular weight excluding hydrogens is 410 g/mol. The molecule has 0 radical (unpaired) electrons. The molecule has 174 valence electrons. The molecule has 0 aliphatic heterocycles. The quantitative estimate of drug-likeness (QED) is 0.641. The molecule has 2 aromatic rings. The highest BCUT2D eigenvalue weighted by molar-refractivity contribution is 5.97. The molecule has 1 aliphatic rings. The summed E-state index contributed by atoms with van der Waals surface area (Å²) in [7, 11) is 1.55. The van der Waals surface area contributed by atoms with Crippen LogP contribution >= 0.6 is 0 Å². The third kappa shape index (κ3) is 5.06. The molecule has 0 atom stereocenters. The minimum Gasteiger partial charge on any atom is -0.496 e. The lowest BCUT2D eigenvalue weighted by Gasteiger charge is -2.40. The van der Waals surface area contributed by atoms with Crippen molar-refractivity contribution in [3.63, 3.8) is 0 Å². The molecule has 1 aromatic carbocycles. The summed E-state index contributed by atoms with van der Waals surface area (Å²) in [6.45, 7) is 6.80. The van der Waals surface area contributed by atoms with E-state index in [9.17, 15) is 9.59 Å². The van der Waals surface area contributed by atoms with E-state index in [0.29, 0.717) is 37.2 Å². The summed E-state index contributed by atoms with van der Waals surface area (Å²) in [4.78, 5) is 24.9. The normalized spacial score (nSPS) is 20.4. The van der Waals surface area contributed by atoms with Gasteiger partial charge in [0, 0.05) is 24.1 Å². The fourth-order valence-corrected chi connectivity index (χ4v) is 4.63. The number of hydrogen-bond acceptors (Lipinski definition) is 6. The van der Waals surface area contributed by atoms with Crippen LogP contribution in [0.15, 0.2) is 28.8 Å². The van der Waals surface area contributed by atoms with Crippen molar-refractivity contribution in [2.75, 3.05) is 20.2 Å². The van der Waals surface area contributed by atoms with Crippen LogP contribution in [0.4, 0.5) is 4.79 Å². The Hall–Kier alpha value is -3.03. The Balaban J connectivity index is 1.81. The number of aryl methyl sites for hydroxylation is 2. The summed E-state index contributed by atoms with van der Waals surface area (Å²) < 4.78 is 16.4. The first-order valence-electron chi connectivity index (χ1n) is 11.3. The standard InChI is InChI=1S/C24H33N3O5/c1-5-19-21(16(3)32-27-19)24(13-11-17(12-14-24)31-23(29)25-6-2)15-26-22(28)18-9-7-8-10-20(18)30-4/h7-10,17H,5-6,11-15H2,1-4H3,(H,25,29)(H,26,28)/t17-,24+. The molecule has 0 saturated heterocycles. The van der Waals surface area contributed by atoms with Crippen LogP contribution in [0.3, 0.4) is 0 Å². The predicted molar refractivity (Wildman–Crippen MR) is 120 cm³/mol. The van der Waals surface area contributed by atoms with Crippen molar-refractivity contribution in [3.8, 4) is 5.75 Å². The smallest absolute Gasteiger partial charge is 0.407 e. The summed E-state index contributed by atoms with van der Waals surface area (Å²) >= 11 is 0. The van der Waals surface area contributed by atoms with Gasteiger partial charge < -0.3 is 24.6 Å². The van der Waals surface area contributed by atoms with E-state index in [1.807, 2.05) is 32.9 Å². The highest BCUT2D eigenvalue weighted by Gasteiger charge is 2.42. The lowest BCUT2D eigenvalue weighted by atomic mass is 9.67. The van der Waals surface area contributed by atoms with Gasteiger partial charge in [0.2, 0.25) is 0 Å². The summed E-state index contributed by atoms with van der Waals surface area (Å²) in [5.74, 6) is 1.12. The predicted octanol–water partition coefficient (Wildman–Crippen LogP) is 3.91. The van der Waals surface area contributed by atoms with Crippen molar-refractivity contribution < 1.29 is 23.6 Å². The summed E-state index contributed by atoms with van der Waals surface area (Å²) in [5, 5.41) is 10.1. The number of ether oxygens (including phenoxy) is 2. The average molecular weight is 444 g/mol. The fraction of sp³-hybridized carbons (Fsp3) is 0.542. The number of benzene rings is 1. The number of rotatable bonds is 8. The van der Waals surface area contributed by atoms with Gasteiger partial charge in [-0.2, -0.15) is 0 Å². The van der Waals surface area contributed by atoms with E-state index in [4.69, 9.17) is 14.0 Å². The zero-order chi connectivity index (χ0) is 23.1. The number of hydrogen-bond donors (Lipinski definition) is 2. The van der Waals surface area contributed by atoms with E-state index in [1.165, 1.54) is 0 Å². The first kappa shape index (κ1) is 23.6. The third-order valence-electron chi connectivity index (χ3n) is 6.22. The summed E-state index contributed by atoms with van der Waals surface area (Å²) in [5.41, 5.74) is 2.14. The molecule has 8 heteroatoms. The van der Waals surface area contributed by atoms with Gasteiger partial charge in [0.05, 0.1) is 18.4 Å². The molecule has 1 heterocycles. The van der Waals surface area contributed by atoms with Crippen molar-refractivity contribution in [1.29, 1.82) is 0 Å². The van der Waals surface area contributed by atoms with Gasteiger partial charge in [-0.3, -0.25) is 4.79 Å². The first-order valence-corrected chi connectivity index (χ1v) is 11.3. The number of para-hydroxylation sites is 1. The minimum atomic E-state index is -0.384. The van der Waals surface area contributed by atoms with E-state index in [2.05, 4.69) is 15.8 Å². The Morgan fingerprint density at radius 3 is 2.56 bits per heavy atom. The van der Waals surface area contributed by atoms with Crippen molar-refractivity contribution in [2.24, 2.45) is 0 Å². The lowest BCUT2D eigenvalue weighted by molar-refractivity contribution is 0.0563. The number of nitrogens with zero attached hydrogens (tertiary/aromatic N) is 1. The SMILES string of the molecule is CCNC(=O)O[C@H]1CC[C@@](CNC(=O)c2ccccc2OC)(c2c(CC)noc2C)CC1. The molecule has 0 unspecified atom stereocenters. The molecule has 2 N–H and O–H groups in total. The highest BCUT2D eigenvalue weighted by Crippen LogP contribution is 2.43. The van der Waals surface area contributed by atoms with Crippen molar-refractivity contribution in [1.82, 2.24) is 15.8 Å². The number of nitrogens with one attached hydrogen (secondary N) is 2. The zero-order valence-corrected chi connectivity index (χ0v) is 19.3. The zero-order valence-electron chi connectivity index (χ0n) is 19.3. The number of aromatic nitrogens is 1. The van der Waals surface area contributed by atoms with Crippen LogP contribution < -0.4 is 15.4 Å². The Morgan fingerprint density at radius 2 is 1.91 bits per heavy atom. The second kappa shape index (κ2) is 10.5. The van der Waals surface area contributed by atoms with Gasteiger partial charge >= 0.3 is 6.09 Å². The molecule has 8 nitrogen and oxygen atoms in total. The second-order valence-electron chi connectivity index (χ2n) is 8.21. The number of carbonyl (C=O) groups is 2. The first-order chi connectivity index (χ1) is 15.4. The molecule has 0 bridgehead atoms. The maximum absolute atomic E-state index is 13.0. The van der Waals surface area contributed by atoms with Crippen LogP contribution in [0.2, 0.25) is 0 Å². The highest BCUT2D eigenvalue weighted by atomic mass is 16.6. The van der Waals surface area contributed by atoms with E-state index in [0.717, 1.165) is 36.3 Å². The third-order valence-corrected chi connectivity index (χ3v) is 6.22. The van der Waals surface area contributed by atoms with Crippen LogP contribution in [0.1, 0.15) is 66.9 Å². The second-order valence-corrected chi connectivity index (χ2v) is 8.21. The maximum Gasteiger partial charge on any atom is 0.407 e. The van der Waals surface area contributed by atoms with Crippen molar-refractivity contribution >= 4 is 12.0 Å². The van der Waals surface area contributed by atoms with E-state index in [1.54, 1.807) is 19.2 Å². The van der Waals surface area contributed by atoms with Crippen LogP contribution in [0, 0.1) is 6.92 Å². The van der Waals surface area contributed by atoms with Gasteiger partial charge in [-0.05, 0) is 58.1 Å². The molecule has 1 aromatic heterocycles. The lowest BCUT2D eigenvalue weighted by Crippen LogP contribution is -2.45. The van der Waals surface area contributed by atoms with Gasteiger partial charge in [0.1, 0.15) is 17.6 Å². The molecule has 0 spiro atoms. The number of methoxy groups -OCH3 is 1. The van der Waals surface area contributed by atoms with Crippen LogP contribution in [-0.4, -0.2) is 43.5 Å². The monoisotopic (exact) mass is 443 g/mol. The van der Waals surface area contributed by atoms with Crippen molar-refractivity contribution in [2.45, 2.75) is 64.4 Å². The van der Waals surface area contributed by atoms with E-state index >= 15 is 0 Å². The number of amides is 2. The molecule has 1 fully saturated rings. The van der Waals surface area contributed by atoms with Crippen molar-refractivity contribution in [3.05, 3.63) is 46.8 Å². The van der Waals surface area contributed by atoms with Gasteiger partial charge in [-0.25, -0.2) is 4.79 Å². The average Bonchev–Trinajstić information content (AvgIpc) is 3.20. The minimum absolute atomic E-state index is 0.148.